The summed E-state index contributed by atoms with van der Waals surface area (Å²) < 4.78 is 5.83. The normalized spacial score (nSPS) is 13.4. The fraction of sp³-hybridized carbons (Fsp3) is 0.949. The summed E-state index contributed by atoms with van der Waals surface area (Å²) in [5.74, 6) is -0.474. The number of unbranched alkanes of at least 4 members (excludes halogenated alkanes) is 23. The summed E-state index contributed by atoms with van der Waals surface area (Å²) in [5, 5.41) is 23.4. The third-order valence-corrected chi connectivity index (χ3v) is 9.19. The summed E-state index contributed by atoms with van der Waals surface area (Å²) in [7, 11) is 0. The molecule has 0 rings (SSSR count). The van der Waals surface area contributed by atoms with Gasteiger partial charge in [0.25, 0.3) is 0 Å². The summed E-state index contributed by atoms with van der Waals surface area (Å²) in [5.41, 5.74) is 0. The molecule has 3 N–H and O–H groups in total. The van der Waals surface area contributed by atoms with E-state index in [1.807, 2.05) is 0 Å². The van der Waals surface area contributed by atoms with E-state index >= 15 is 0 Å². The van der Waals surface area contributed by atoms with Crippen molar-refractivity contribution in [2.45, 2.75) is 232 Å². The van der Waals surface area contributed by atoms with E-state index < -0.39 is 18.2 Å². The van der Waals surface area contributed by atoms with Gasteiger partial charge >= 0.3 is 5.97 Å². The number of carbonyl (C=O) groups excluding carboxylic acids is 2. The Morgan fingerprint density at radius 2 is 0.933 bits per heavy atom. The van der Waals surface area contributed by atoms with E-state index in [0.717, 1.165) is 44.9 Å². The second-order valence-corrected chi connectivity index (χ2v) is 13.7. The number of hydrogen-bond donors (Lipinski definition) is 3. The Bertz CT molecular complexity index is 643. The van der Waals surface area contributed by atoms with Gasteiger partial charge in [0, 0.05) is 6.42 Å². The molecule has 0 aromatic carbocycles. The van der Waals surface area contributed by atoms with Gasteiger partial charge in [0.1, 0.15) is 6.10 Å². The van der Waals surface area contributed by atoms with E-state index in [-0.39, 0.29) is 24.9 Å². The van der Waals surface area contributed by atoms with E-state index in [1.54, 1.807) is 0 Å². The van der Waals surface area contributed by atoms with Crippen LogP contribution in [0.1, 0.15) is 213 Å². The van der Waals surface area contributed by atoms with Crippen molar-refractivity contribution in [1.82, 2.24) is 5.32 Å². The zero-order valence-corrected chi connectivity index (χ0v) is 30.3. The molecule has 268 valence electrons. The van der Waals surface area contributed by atoms with Crippen LogP contribution < -0.4 is 5.32 Å². The first kappa shape index (κ1) is 43.9. The summed E-state index contributed by atoms with van der Waals surface area (Å²) in [6.45, 7) is 6.40. The van der Waals surface area contributed by atoms with Gasteiger partial charge in [0.05, 0.1) is 25.2 Å². The van der Waals surface area contributed by atoms with Crippen LogP contribution in [0.25, 0.3) is 0 Å². The summed E-state index contributed by atoms with van der Waals surface area (Å²) in [4.78, 5) is 25.6. The number of rotatable bonds is 35. The van der Waals surface area contributed by atoms with Crippen LogP contribution in [0.15, 0.2) is 0 Å². The monoisotopic (exact) mass is 640 g/mol. The van der Waals surface area contributed by atoms with Gasteiger partial charge in [-0.1, -0.05) is 175 Å². The molecule has 0 aromatic heterocycles. The standard InChI is InChI=1S/C39H77NO5/c1-4-7-10-13-16-18-20-22-25-28-31-37(42)36(34-41)40-38(43)33-35(30-27-24-21-15-12-9-6-3)45-39(44)32-29-26-23-19-17-14-11-8-5-2/h35-37,41-42H,4-34H2,1-3H3,(H,40,43). The molecule has 0 spiro atoms. The predicted octanol–water partition coefficient (Wildman–Crippen LogP) is 10.5. The van der Waals surface area contributed by atoms with Crippen LogP contribution in [0.2, 0.25) is 0 Å². The van der Waals surface area contributed by atoms with Gasteiger partial charge in [-0.25, -0.2) is 0 Å². The first-order valence-electron chi connectivity index (χ1n) is 19.8. The molecule has 6 heteroatoms. The molecular weight excluding hydrogens is 562 g/mol. The third-order valence-electron chi connectivity index (χ3n) is 9.19. The Balaban J connectivity index is 4.50. The number of aliphatic hydroxyl groups is 2. The molecule has 0 aliphatic rings. The van der Waals surface area contributed by atoms with Gasteiger partial charge in [-0.05, 0) is 25.7 Å². The van der Waals surface area contributed by atoms with Crippen molar-refractivity contribution in [3.8, 4) is 0 Å². The quantitative estimate of drug-likeness (QED) is 0.0474. The fourth-order valence-corrected chi connectivity index (χ4v) is 6.13. The topological polar surface area (TPSA) is 95.9 Å². The Kier molecular flexibility index (Phi) is 33.3. The average molecular weight is 640 g/mol. The number of nitrogens with one attached hydrogen (secondary N) is 1. The predicted molar refractivity (Wildman–Crippen MR) is 190 cm³/mol. The van der Waals surface area contributed by atoms with Gasteiger partial charge < -0.3 is 20.3 Å². The minimum Gasteiger partial charge on any atom is -0.462 e. The molecular formula is C39H77NO5. The van der Waals surface area contributed by atoms with Crippen LogP contribution in [0.4, 0.5) is 0 Å². The molecule has 0 aliphatic carbocycles. The molecule has 0 aliphatic heterocycles. The SMILES string of the molecule is CCCCCCCCCCCCC(O)C(CO)NC(=O)CC(CCCCCCCCC)OC(=O)CCCCCCCCCCC. The van der Waals surface area contributed by atoms with E-state index in [9.17, 15) is 19.8 Å². The molecule has 0 bridgehead atoms. The van der Waals surface area contributed by atoms with Gasteiger partial charge in [0.2, 0.25) is 5.91 Å². The minimum atomic E-state index is -0.774. The van der Waals surface area contributed by atoms with Crippen LogP contribution in [-0.2, 0) is 14.3 Å². The minimum absolute atomic E-state index is 0.0841. The lowest BCUT2D eigenvalue weighted by Gasteiger charge is -2.24. The van der Waals surface area contributed by atoms with E-state index in [2.05, 4.69) is 26.1 Å². The second kappa shape index (κ2) is 34.2. The number of esters is 1. The number of aliphatic hydroxyl groups excluding tert-OH is 2. The fourth-order valence-electron chi connectivity index (χ4n) is 6.13. The van der Waals surface area contributed by atoms with Gasteiger partial charge in [-0.3, -0.25) is 9.59 Å². The molecule has 3 unspecified atom stereocenters. The lowest BCUT2D eigenvalue weighted by Crippen LogP contribution is -2.46. The number of amides is 1. The average Bonchev–Trinajstić information content (AvgIpc) is 3.03. The lowest BCUT2D eigenvalue weighted by molar-refractivity contribution is -0.151. The van der Waals surface area contributed by atoms with Crippen molar-refractivity contribution in [2.75, 3.05) is 6.61 Å². The van der Waals surface area contributed by atoms with Crippen molar-refractivity contribution < 1.29 is 24.5 Å². The molecule has 0 heterocycles. The highest BCUT2D eigenvalue weighted by atomic mass is 16.5. The maximum atomic E-state index is 13.0. The molecule has 1 amide bonds. The molecule has 0 fully saturated rings. The van der Waals surface area contributed by atoms with E-state index in [1.165, 1.54) is 122 Å². The van der Waals surface area contributed by atoms with Crippen LogP contribution in [0.5, 0.6) is 0 Å². The highest BCUT2D eigenvalue weighted by molar-refractivity contribution is 5.77. The number of carbonyl (C=O) groups is 2. The van der Waals surface area contributed by atoms with Crippen LogP contribution >= 0.6 is 0 Å². The molecule has 0 saturated heterocycles. The molecule has 6 nitrogen and oxygen atoms in total. The molecule has 3 atom stereocenters. The Morgan fingerprint density at radius 3 is 1.36 bits per heavy atom. The summed E-state index contributed by atoms with van der Waals surface area (Å²) >= 11 is 0. The Morgan fingerprint density at radius 1 is 0.556 bits per heavy atom. The van der Waals surface area contributed by atoms with Gasteiger partial charge in [-0.2, -0.15) is 0 Å². The smallest absolute Gasteiger partial charge is 0.306 e. The van der Waals surface area contributed by atoms with Crippen molar-refractivity contribution in [2.24, 2.45) is 0 Å². The zero-order valence-electron chi connectivity index (χ0n) is 30.3. The molecule has 0 saturated carbocycles. The van der Waals surface area contributed by atoms with Crippen molar-refractivity contribution >= 4 is 11.9 Å². The maximum absolute atomic E-state index is 13.0. The largest absolute Gasteiger partial charge is 0.462 e. The first-order valence-corrected chi connectivity index (χ1v) is 19.8. The molecule has 0 aromatic rings. The third kappa shape index (κ3) is 30.0. The maximum Gasteiger partial charge on any atom is 0.306 e. The van der Waals surface area contributed by atoms with Crippen LogP contribution in [0, 0.1) is 0 Å². The lowest BCUT2D eigenvalue weighted by atomic mass is 10.0. The Hall–Kier alpha value is -1.14. The Labute approximate surface area is 279 Å². The van der Waals surface area contributed by atoms with Crippen molar-refractivity contribution in [1.29, 1.82) is 0 Å². The van der Waals surface area contributed by atoms with Gasteiger partial charge in [-0.15, -0.1) is 0 Å². The first-order chi connectivity index (χ1) is 22.0. The zero-order chi connectivity index (χ0) is 33.2. The second-order valence-electron chi connectivity index (χ2n) is 13.7. The summed E-state index contributed by atoms with van der Waals surface area (Å²) in [6, 6.07) is -0.687. The highest BCUT2D eigenvalue weighted by Gasteiger charge is 2.24. The van der Waals surface area contributed by atoms with Crippen molar-refractivity contribution in [3.05, 3.63) is 0 Å². The summed E-state index contributed by atoms with van der Waals surface area (Å²) in [6.07, 6.45) is 31.7. The van der Waals surface area contributed by atoms with E-state index in [4.69, 9.17) is 4.74 Å². The number of ether oxygens (including phenoxy) is 1. The molecule has 0 radical (unpaired) electrons. The van der Waals surface area contributed by atoms with Crippen LogP contribution in [0.3, 0.4) is 0 Å². The van der Waals surface area contributed by atoms with Gasteiger partial charge in [0.15, 0.2) is 0 Å². The number of hydrogen-bond acceptors (Lipinski definition) is 5. The van der Waals surface area contributed by atoms with E-state index in [0.29, 0.717) is 19.3 Å². The highest BCUT2D eigenvalue weighted by Crippen LogP contribution is 2.17. The molecule has 45 heavy (non-hydrogen) atoms. The van der Waals surface area contributed by atoms with Crippen molar-refractivity contribution in [3.63, 3.8) is 0 Å². The van der Waals surface area contributed by atoms with Crippen LogP contribution in [-0.4, -0.2) is 46.9 Å².